The maximum atomic E-state index is 13.5. The number of rotatable bonds is 4. The predicted molar refractivity (Wildman–Crippen MR) is 70.5 cm³/mol. The van der Waals surface area contributed by atoms with Crippen LogP contribution < -0.4 is 5.32 Å². The number of hydrogen-bond acceptors (Lipinski definition) is 2. The van der Waals surface area contributed by atoms with Gasteiger partial charge in [0.15, 0.2) is 0 Å². The van der Waals surface area contributed by atoms with E-state index in [0.717, 1.165) is 24.1 Å². The SMILES string of the molecule is Fc1cc(NCCc2ccncc2)c(F)cc1Br. The Hall–Kier alpha value is -1.49. The summed E-state index contributed by atoms with van der Waals surface area (Å²) >= 11 is 2.94. The first-order chi connectivity index (χ1) is 8.66. The highest BCUT2D eigenvalue weighted by atomic mass is 79.9. The van der Waals surface area contributed by atoms with Gasteiger partial charge in [0.05, 0.1) is 10.2 Å². The van der Waals surface area contributed by atoms with Crippen LogP contribution in [0.25, 0.3) is 0 Å². The third-order valence-electron chi connectivity index (χ3n) is 2.49. The Morgan fingerprint density at radius 2 is 1.83 bits per heavy atom. The number of halogens is 3. The minimum absolute atomic E-state index is 0.125. The minimum atomic E-state index is -0.484. The van der Waals surface area contributed by atoms with Crippen LogP contribution in [0.5, 0.6) is 0 Å². The molecule has 1 aromatic carbocycles. The van der Waals surface area contributed by atoms with Crippen LogP contribution in [-0.2, 0) is 6.42 Å². The molecule has 0 aliphatic carbocycles. The number of benzene rings is 1. The highest BCUT2D eigenvalue weighted by Crippen LogP contribution is 2.23. The Morgan fingerprint density at radius 1 is 1.11 bits per heavy atom. The Labute approximate surface area is 112 Å². The van der Waals surface area contributed by atoms with E-state index in [2.05, 4.69) is 26.2 Å². The summed E-state index contributed by atoms with van der Waals surface area (Å²) < 4.78 is 26.9. The van der Waals surface area contributed by atoms with Gasteiger partial charge >= 0.3 is 0 Å². The molecule has 0 saturated carbocycles. The van der Waals surface area contributed by atoms with Crippen molar-refractivity contribution in [2.75, 3.05) is 11.9 Å². The van der Waals surface area contributed by atoms with E-state index in [4.69, 9.17) is 0 Å². The Morgan fingerprint density at radius 3 is 2.56 bits per heavy atom. The smallest absolute Gasteiger partial charge is 0.147 e. The van der Waals surface area contributed by atoms with Crippen LogP contribution in [0.2, 0.25) is 0 Å². The van der Waals surface area contributed by atoms with Crippen molar-refractivity contribution in [1.29, 1.82) is 0 Å². The number of aromatic nitrogens is 1. The zero-order valence-corrected chi connectivity index (χ0v) is 11.0. The molecule has 0 fully saturated rings. The van der Waals surface area contributed by atoms with Gasteiger partial charge in [-0.05, 0) is 46.1 Å². The van der Waals surface area contributed by atoms with Crippen molar-refractivity contribution in [3.63, 3.8) is 0 Å². The first-order valence-corrected chi connectivity index (χ1v) is 6.23. The number of nitrogens with one attached hydrogen (secondary N) is 1. The molecule has 0 aliphatic heterocycles. The topological polar surface area (TPSA) is 24.9 Å². The predicted octanol–water partition coefficient (Wildman–Crippen LogP) is 3.78. The van der Waals surface area contributed by atoms with Gasteiger partial charge in [-0.3, -0.25) is 4.98 Å². The monoisotopic (exact) mass is 312 g/mol. The van der Waals surface area contributed by atoms with Gasteiger partial charge in [0.25, 0.3) is 0 Å². The molecule has 1 heterocycles. The van der Waals surface area contributed by atoms with E-state index in [9.17, 15) is 8.78 Å². The third kappa shape index (κ3) is 3.26. The van der Waals surface area contributed by atoms with E-state index in [1.165, 1.54) is 0 Å². The molecule has 2 aromatic rings. The highest BCUT2D eigenvalue weighted by molar-refractivity contribution is 9.10. The zero-order chi connectivity index (χ0) is 13.0. The summed E-state index contributed by atoms with van der Waals surface area (Å²) in [4.78, 5) is 3.91. The van der Waals surface area contributed by atoms with Gasteiger partial charge in [0, 0.05) is 25.0 Å². The molecule has 5 heteroatoms. The van der Waals surface area contributed by atoms with Crippen molar-refractivity contribution in [2.45, 2.75) is 6.42 Å². The molecule has 0 radical (unpaired) electrons. The summed E-state index contributed by atoms with van der Waals surface area (Å²) in [5, 5.41) is 2.87. The van der Waals surface area contributed by atoms with Gasteiger partial charge < -0.3 is 5.32 Å². The molecular weight excluding hydrogens is 302 g/mol. The second-order valence-corrected chi connectivity index (χ2v) is 4.63. The summed E-state index contributed by atoms with van der Waals surface area (Å²) in [6.07, 6.45) is 4.13. The molecule has 1 N–H and O–H groups in total. The summed E-state index contributed by atoms with van der Waals surface area (Å²) in [5.41, 5.74) is 1.26. The average molecular weight is 313 g/mol. The fourth-order valence-corrected chi connectivity index (χ4v) is 1.86. The van der Waals surface area contributed by atoms with Crippen LogP contribution in [0, 0.1) is 11.6 Å². The molecule has 0 spiro atoms. The normalized spacial score (nSPS) is 10.4. The van der Waals surface area contributed by atoms with Gasteiger partial charge in [-0.2, -0.15) is 0 Å². The van der Waals surface area contributed by atoms with E-state index < -0.39 is 11.6 Å². The highest BCUT2D eigenvalue weighted by Gasteiger charge is 2.07. The van der Waals surface area contributed by atoms with E-state index in [1.807, 2.05) is 12.1 Å². The van der Waals surface area contributed by atoms with Crippen molar-refractivity contribution in [3.8, 4) is 0 Å². The van der Waals surface area contributed by atoms with Crippen molar-refractivity contribution in [3.05, 3.63) is 58.3 Å². The molecule has 18 heavy (non-hydrogen) atoms. The van der Waals surface area contributed by atoms with E-state index in [0.29, 0.717) is 6.54 Å². The number of pyridine rings is 1. The lowest BCUT2D eigenvalue weighted by Crippen LogP contribution is -2.06. The molecule has 2 nitrogen and oxygen atoms in total. The van der Waals surface area contributed by atoms with E-state index in [1.54, 1.807) is 12.4 Å². The largest absolute Gasteiger partial charge is 0.382 e. The van der Waals surface area contributed by atoms with Gasteiger partial charge in [-0.15, -0.1) is 0 Å². The van der Waals surface area contributed by atoms with Crippen LogP contribution in [0.4, 0.5) is 14.5 Å². The molecule has 0 aliphatic rings. The molecular formula is C13H11BrF2N2. The summed E-state index contributed by atoms with van der Waals surface area (Å²) in [5.74, 6) is -0.958. The lowest BCUT2D eigenvalue weighted by Gasteiger charge is -2.08. The molecule has 0 atom stereocenters. The Balaban J connectivity index is 1.97. The van der Waals surface area contributed by atoms with Crippen LogP contribution in [0.15, 0.2) is 41.1 Å². The summed E-state index contributed by atoms with van der Waals surface area (Å²) in [7, 11) is 0. The molecule has 1 aromatic heterocycles. The molecule has 0 saturated heterocycles. The maximum Gasteiger partial charge on any atom is 0.147 e. The van der Waals surface area contributed by atoms with Crippen molar-refractivity contribution < 1.29 is 8.78 Å². The second kappa shape index (κ2) is 5.91. The average Bonchev–Trinajstić information content (AvgIpc) is 2.37. The van der Waals surface area contributed by atoms with Crippen LogP contribution in [0.1, 0.15) is 5.56 Å². The van der Waals surface area contributed by atoms with Crippen LogP contribution in [-0.4, -0.2) is 11.5 Å². The first kappa shape index (κ1) is 13.0. The zero-order valence-electron chi connectivity index (χ0n) is 9.46. The molecule has 94 valence electrons. The number of hydrogen-bond donors (Lipinski definition) is 1. The maximum absolute atomic E-state index is 13.5. The summed E-state index contributed by atoms with van der Waals surface area (Å²) in [6, 6.07) is 6.04. The van der Waals surface area contributed by atoms with Gasteiger partial charge in [-0.25, -0.2) is 8.78 Å². The molecule has 0 unspecified atom stereocenters. The Kier molecular flexibility index (Phi) is 4.25. The summed E-state index contributed by atoms with van der Waals surface area (Å²) in [6.45, 7) is 0.530. The van der Waals surface area contributed by atoms with Crippen LogP contribution >= 0.6 is 15.9 Å². The lowest BCUT2D eigenvalue weighted by atomic mass is 10.2. The van der Waals surface area contributed by atoms with Crippen molar-refractivity contribution in [2.24, 2.45) is 0 Å². The fourth-order valence-electron chi connectivity index (χ4n) is 1.55. The first-order valence-electron chi connectivity index (χ1n) is 5.44. The van der Waals surface area contributed by atoms with Crippen molar-refractivity contribution in [1.82, 2.24) is 4.98 Å². The third-order valence-corrected chi connectivity index (χ3v) is 3.10. The minimum Gasteiger partial charge on any atom is -0.382 e. The van der Waals surface area contributed by atoms with Crippen molar-refractivity contribution >= 4 is 21.6 Å². The van der Waals surface area contributed by atoms with E-state index >= 15 is 0 Å². The van der Waals surface area contributed by atoms with Crippen LogP contribution in [0.3, 0.4) is 0 Å². The fraction of sp³-hybridized carbons (Fsp3) is 0.154. The molecule has 0 amide bonds. The van der Waals surface area contributed by atoms with Gasteiger partial charge in [-0.1, -0.05) is 0 Å². The molecule has 2 rings (SSSR count). The van der Waals surface area contributed by atoms with Gasteiger partial charge in [0.2, 0.25) is 0 Å². The standard InChI is InChI=1S/C13H11BrF2N2/c14-10-7-12(16)13(8-11(10)15)18-6-3-9-1-4-17-5-2-9/h1-2,4-5,7-8,18H,3,6H2. The Bertz CT molecular complexity index is 532. The van der Waals surface area contributed by atoms with E-state index in [-0.39, 0.29) is 10.2 Å². The second-order valence-electron chi connectivity index (χ2n) is 3.78. The number of nitrogens with zero attached hydrogens (tertiary/aromatic N) is 1. The molecule has 0 bridgehead atoms. The lowest BCUT2D eigenvalue weighted by molar-refractivity contribution is 0.596. The quantitative estimate of drug-likeness (QED) is 0.869. The number of anilines is 1. The van der Waals surface area contributed by atoms with Gasteiger partial charge in [0.1, 0.15) is 11.6 Å².